The first kappa shape index (κ1) is 34.1. The molecule has 0 fully saturated rings. The molecule has 0 aromatic rings. The summed E-state index contributed by atoms with van der Waals surface area (Å²) in [5.41, 5.74) is 0. The second-order valence-corrected chi connectivity index (χ2v) is 0. The summed E-state index contributed by atoms with van der Waals surface area (Å²) in [5.74, 6) is 0. The summed E-state index contributed by atoms with van der Waals surface area (Å²) in [6.45, 7) is 0. The van der Waals surface area contributed by atoms with Gasteiger partial charge in [-0.15, -0.1) is 0 Å². The van der Waals surface area contributed by atoms with Crippen molar-refractivity contribution >= 4 is 17.4 Å². The zero-order valence-electron chi connectivity index (χ0n) is 1.13. The van der Waals surface area contributed by atoms with Crippen LogP contribution in [0, 0.1) is 0 Å². The van der Waals surface area contributed by atoms with Crippen molar-refractivity contribution in [2.45, 2.75) is 0 Å². The molecule has 0 radical (unpaired) electrons. The zero-order chi connectivity index (χ0) is 0. The fourth-order valence-electron chi connectivity index (χ4n) is 0. The molecule has 0 aliphatic heterocycles. The number of hydrogen-bond donors (Lipinski definition) is 0. The Bertz CT molecular complexity index is 8.00. The fraction of sp³-hybridized carbons (Fsp3) is 0. The molecule has 0 aliphatic carbocycles. The first-order valence-corrected chi connectivity index (χ1v) is 0. The van der Waals surface area contributed by atoms with Gasteiger partial charge in [-0.25, -0.2) is 0 Å². The van der Waals surface area contributed by atoms with E-state index in [1.807, 2.05) is 0 Å². The third-order valence-electron chi connectivity index (χ3n) is 0. The molecule has 28 valence electrons. The minimum atomic E-state index is 0. The number of rotatable bonds is 0. The van der Waals surface area contributed by atoms with Crippen LogP contribution < -0.4 is 0 Å². The molecule has 0 N–H and O–H groups in total. The molecule has 0 spiro atoms. The van der Waals surface area contributed by atoms with E-state index < -0.39 is 0 Å². The summed E-state index contributed by atoms with van der Waals surface area (Å²) < 4.78 is 0. The summed E-state index contributed by atoms with van der Waals surface area (Å²) in [6.07, 6.45) is 0. The van der Waals surface area contributed by atoms with Crippen molar-refractivity contribution in [3.8, 4) is 0 Å². The van der Waals surface area contributed by atoms with Crippen molar-refractivity contribution in [2.24, 2.45) is 0 Å². The van der Waals surface area contributed by atoms with E-state index >= 15 is 0 Å². The van der Waals surface area contributed by atoms with Crippen molar-refractivity contribution < 1.29 is 54.9 Å². The van der Waals surface area contributed by atoms with Crippen molar-refractivity contribution in [1.82, 2.24) is 0 Å². The Kier molecular flexibility index (Phi) is 160. The number of hydrogen-bond acceptors (Lipinski definition) is 0. The van der Waals surface area contributed by atoms with E-state index in [1.165, 1.54) is 0 Å². The molecule has 0 atom stereocenters. The summed E-state index contributed by atoms with van der Waals surface area (Å²) in [5, 5.41) is 0. The van der Waals surface area contributed by atoms with Crippen LogP contribution in [0.2, 0.25) is 0 Å². The van der Waals surface area contributed by atoms with Crippen LogP contribution in [-0.4, -0.2) is 17.4 Å². The average Bonchev–Trinajstić information content (AvgIpc) is 0. The standard InChI is InChI=1S/Al.Cr.Mo.Ni.3H. The van der Waals surface area contributed by atoms with Gasteiger partial charge in [0.2, 0.25) is 0 Å². The second kappa shape index (κ2) is 18.7. The van der Waals surface area contributed by atoms with Gasteiger partial charge in [-0.05, 0) is 0 Å². The molecule has 0 bridgehead atoms. The molecule has 0 aromatic heterocycles. The minimum absolute atomic E-state index is 0. The van der Waals surface area contributed by atoms with Crippen molar-refractivity contribution in [2.75, 3.05) is 0 Å². The van der Waals surface area contributed by atoms with E-state index in [4.69, 9.17) is 0 Å². The minimum Gasteiger partial charge on any atom is 0 e. The van der Waals surface area contributed by atoms with Gasteiger partial charge >= 0.3 is 0 Å². The van der Waals surface area contributed by atoms with E-state index in [1.54, 1.807) is 0 Å². The molecular formula is H3AlCrMoNi. The van der Waals surface area contributed by atoms with Gasteiger partial charge in [0.15, 0.2) is 17.4 Å². The molecule has 0 nitrogen and oxygen atoms in total. The predicted molar refractivity (Wildman–Crippen MR) is 9.94 cm³/mol. The Hall–Kier alpha value is 2.25. The predicted octanol–water partition coefficient (Wildman–Crippen LogP) is -1.19. The molecular weight excluding hydrogens is 234 g/mol. The van der Waals surface area contributed by atoms with Gasteiger partial charge in [-0.3, -0.25) is 0 Å². The fourth-order valence-corrected chi connectivity index (χ4v) is 0. The molecule has 0 saturated carbocycles. The summed E-state index contributed by atoms with van der Waals surface area (Å²) >= 11 is 0. The van der Waals surface area contributed by atoms with E-state index in [-0.39, 0.29) is 72.3 Å². The molecule has 0 amide bonds. The Balaban J connectivity index is 0. The molecule has 0 rings (SSSR count). The topological polar surface area (TPSA) is 0 Å². The van der Waals surface area contributed by atoms with Gasteiger partial charge < -0.3 is 0 Å². The molecule has 0 aliphatic rings. The molecule has 4 heteroatoms. The van der Waals surface area contributed by atoms with Gasteiger partial charge in [0.25, 0.3) is 0 Å². The monoisotopic (exact) mass is 238 g/mol. The normalized spacial score (nSPS) is 0. The van der Waals surface area contributed by atoms with Crippen molar-refractivity contribution in [3.05, 3.63) is 0 Å². The Morgan fingerprint density at radius 3 is 1.00 bits per heavy atom. The van der Waals surface area contributed by atoms with Crippen LogP contribution in [0.4, 0.5) is 0 Å². The van der Waals surface area contributed by atoms with Gasteiger partial charge in [-0.1, -0.05) is 0 Å². The molecule has 0 aromatic carbocycles. The van der Waals surface area contributed by atoms with Gasteiger partial charge in [-0.2, -0.15) is 0 Å². The molecule has 0 heterocycles. The van der Waals surface area contributed by atoms with Crippen LogP contribution in [0.25, 0.3) is 0 Å². The van der Waals surface area contributed by atoms with Crippen LogP contribution >= 0.6 is 0 Å². The van der Waals surface area contributed by atoms with Gasteiger partial charge in [0.05, 0.1) is 0 Å². The summed E-state index contributed by atoms with van der Waals surface area (Å²) in [4.78, 5) is 0. The maximum absolute atomic E-state index is 0. The van der Waals surface area contributed by atoms with E-state index in [2.05, 4.69) is 0 Å². The van der Waals surface area contributed by atoms with E-state index in [9.17, 15) is 0 Å². The van der Waals surface area contributed by atoms with E-state index in [0.717, 1.165) is 0 Å². The second-order valence-electron chi connectivity index (χ2n) is 0. The van der Waals surface area contributed by atoms with Gasteiger partial charge in [0.1, 0.15) is 0 Å². The quantitative estimate of drug-likeness (QED) is 0.464. The molecule has 0 saturated heterocycles. The Morgan fingerprint density at radius 2 is 1.00 bits per heavy atom. The Labute approximate surface area is 71.6 Å². The maximum atomic E-state index is 0. The van der Waals surface area contributed by atoms with Crippen LogP contribution in [0.1, 0.15) is 0 Å². The van der Waals surface area contributed by atoms with Crippen LogP contribution in [0.3, 0.4) is 0 Å². The molecule has 4 heavy (non-hydrogen) atoms. The van der Waals surface area contributed by atoms with E-state index in [0.29, 0.717) is 0 Å². The largest absolute Gasteiger partial charge is 0.187 e. The first-order chi connectivity index (χ1) is 0. The zero-order valence-corrected chi connectivity index (χ0v) is 5.40. The van der Waals surface area contributed by atoms with Crippen LogP contribution in [0.5, 0.6) is 0 Å². The maximum Gasteiger partial charge on any atom is 0.187 e. The van der Waals surface area contributed by atoms with Crippen molar-refractivity contribution in [3.63, 3.8) is 0 Å². The summed E-state index contributed by atoms with van der Waals surface area (Å²) in [6, 6.07) is 0. The van der Waals surface area contributed by atoms with Gasteiger partial charge in [0, 0.05) is 54.9 Å². The van der Waals surface area contributed by atoms with Crippen molar-refractivity contribution in [1.29, 1.82) is 0 Å². The Morgan fingerprint density at radius 1 is 1.00 bits per heavy atom. The average molecular weight is 237 g/mol. The summed E-state index contributed by atoms with van der Waals surface area (Å²) in [7, 11) is 0. The third-order valence-corrected chi connectivity index (χ3v) is 0. The third kappa shape index (κ3) is 8.87. The SMILES string of the molecule is [AlH3].[Cr].[Mo].[Ni]. The first-order valence-electron chi connectivity index (χ1n) is 0. The molecule has 0 unspecified atom stereocenters. The van der Waals surface area contributed by atoms with Crippen LogP contribution in [0.15, 0.2) is 0 Å². The smallest absolute Gasteiger partial charge is 0 e. The van der Waals surface area contributed by atoms with Crippen LogP contribution in [-0.2, 0) is 54.9 Å².